The highest BCUT2D eigenvalue weighted by molar-refractivity contribution is 7.90. The molecule has 0 aliphatic heterocycles. The average Bonchev–Trinajstić information content (AvgIpc) is 3.30. The molecule has 1 heterocycles. The van der Waals surface area contributed by atoms with Gasteiger partial charge in [-0.2, -0.15) is 0 Å². The Morgan fingerprint density at radius 3 is 2.33 bits per heavy atom. The molecule has 3 N–H and O–H groups in total. The molecule has 1 aromatic heterocycles. The summed E-state index contributed by atoms with van der Waals surface area (Å²) in [4.78, 5) is 20.1. The van der Waals surface area contributed by atoms with Crippen molar-refractivity contribution in [2.45, 2.75) is 116 Å². The SMILES string of the molecule is CC[C@H]1[C@@H](O)[C@@H]2[C@H](CC[C@]3(C)[C@@H]([C@H](C)COC(=O)NS(=O)(=O)c4cnc(OC(C)C)nc4)CC[C@@H]23)[C@@]2(C)CC[C@@H](O)C[C@@H]12. The summed E-state index contributed by atoms with van der Waals surface area (Å²) in [7, 11) is -4.20. The number of carbonyl (C=O) groups excluding carboxylic acids is 1. The summed E-state index contributed by atoms with van der Waals surface area (Å²) in [6, 6.07) is 0.0557. The van der Waals surface area contributed by atoms with Crippen LogP contribution in [0.15, 0.2) is 17.3 Å². The molecule has 242 valence electrons. The molecule has 0 unspecified atom stereocenters. The number of aromatic nitrogens is 2. The van der Waals surface area contributed by atoms with E-state index in [0.717, 1.165) is 63.8 Å². The number of amides is 1. The second-order valence-corrected chi connectivity index (χ2v) is 16.4. The van der Waals surface area contributed by atoms with E-state index in [1.54, 1.807) is 0 Å². The van der Waals surface area contributed by atoms with Crippen LogP contribution in [0.5, 0.6) is 6.01 Å². The summed E-state index contributed by atoms with van der Waals surface area (Å²) in [5.41, 5.74) is 0.161. The van der Waals surface area contributed by atoms with Gasteiger partial charge >= 0.3 is 12.1 Å². The van der Waals surface area contributed by atoms with E-state index >= 15 is 0 Å². The molecular weight excluding hydrogens is 570 g/mol. The lowest BCUT2D eigenvalue weighted by molar-refractivity contribution is -0.203. The van der Waals surface area contributed by atoms with Crippen LogP contribution in [0, 0.1) is 52.3 Å². The van der Waals surface area contributed by atoms with Crippen LogP contribution in [-0.4, -0.2) is 59.6 Å². The molecule has 10 nitrogen and oxygen atoms in total. The third-order valence-electron chi connectivity index (χ3n) is 12.1. The zero-order valence-corrected chi connectivity index (χ0v) is 27.3. The highest BCUT2D eigenvalue weighted by atomic mass is 32.2. The first-order chi connectivity index (χ1) is 20.2. The Bertz CT molecular complexity index is 1260. The summed E-state index contributed by atoms with van der Waals surface area (Å²) in [6.45, 7) is 12.8. The van der Waals surface area contributed by atoms with Gasteiger partial charge in [0.1, 0.15) is 4.90 Å². The van der Waals surface area contributed by atoms with Crippen LogP contribution < -0.4 is 9.46 Å². The van der Waals surface area contributed by atoms with Gasteiger partial charge in [0.05, 0.1) is 37.3 Å². The number of fused-ring (bicyclic) bond motifs is 5. The van der Waals surface area contributed by atoms with Gasteiger partial charge in [-0.1, -0.05) is 34.1 Å². The predicted octanol–water partition coefficient (Wildman–Crippen LogP) is 4.94. The fourth-order valence-corrected chi connectivity index (χ4v) is 10.9. The molecule has 4 saturated carbocycles. The van der Waals surface area contributed by atoms with E-state index in [9.17, 15) is 23.4 Å². The molecule has 1 amide bonds. The summed E-state index contributed by atoms with van der Waals surface area (Å²) in [6.07, 6.45) is 8.18. The van der Waals surface area contributed by atoms with Crippen molar-refractivity contribution in [3.05, 3.63) is 12.4 Å². The van der Waals surface area contributed by atoms with Crippen molar-refractivity contribution < 1.29 is 32.9 Å². The van der Waals surface area contributed by atoms with Gasteiger partial charge in [0.25, 0.3) is 10.0 Å². The Kier molecular flexibility index (Phi) is 9.11. The van der Waals surface area contributed by atoms with E-state index in [-0.39, 0.29) is 64.4 Å². The summed E-state index contributed by atoms with van der Waals surface area (Å²) in [5, 5.41) is 22.4. The first-order valence-corrected chi connectivity index (χ1v) is 17.7. The molecular formula is C32H51N3O7S. The van der Waals surface area contributed by atoms with Gasteiger partial charge in [0.15, 0.2) is 0 Å². The summed E-state index contributed by atoms with van der Waals surface area (Å²) in [5.74, 6) is 1.99. The Labute approximate surface area is 256 Å². The van der Waals surface area contributed by atoms with Crippen molar-refractivity contribution in [3.63, 3.8) is 0 Å². The first kappa shape index (κ1) is 32.4. The lowest BCUT2D eigenvalue weighted by atomic mass is 9.41. The maximum atomic E-state index is 12.7. The molecule has 11 atom stereocenters. The van der Waals surface area contributed by atoms with Gasteiger partial charge in [-0.25, -0.2) is 27.9 Å². The second-order valence-electron chi connectivity index (χ2n) is 14.7. The number of carbonyl (C=O) groups is 1. The van der Waals surface area contributed by atoms with Crippen molar-refractivity contribution >= 4 is 16.1 Å². The van der Waals surface area contributed by atoms with Crippen LogP contribution in [-0.2, 0) is 14.8 Å². The Balaban J connectivity index is 1.23. The lowest BCUT2D eigenvalue weighted by Crippen LogP contribution is -2.62. The fourth-order valence-electron chi connectivity index (χ4n) is 10.2. The highest BCUT2D eigenvalue weighted by Crippen LogP contribution is 2.69. The van der Waals surface area contributed by atoms with E-state index in [0.29, 0.717) is 23.7 Å². The smallest absolute Gasteiger partial charge is 0.421 e. The van der Waals surface area contributed by atoms with Gasteiger partial charge in [-0.3, -0.25) is 0 Å². The number of ether oxygens (including phenoxy) is 2. The van der Waals surface area contributed by atoms with Crippen molar-refractivity contribution in [3.8, 4) is 6.01 Å². The number of rotatable bonds is 8. The van der Waals surface area contributed by atoms with Crippen molar-refractivity contribution in [2.75, 3.05) is 6.61 Å². The molecule has 4 fully saturated rings. The Morgan fingerprint density at radius 1 is 1.02 bits per heavy atom. The largest absolute Gasteiger partial charge is 0.461 e. The van der Waals surface area contributed by atoms with Crippen LogP contribution in [0.1, 0.15) is 92.9 Å². The van der Waals surface area contributed by atoms with Gasteiger partial charge in [0.2, 0.25) is 0 Å². The minimum Gasteiger partial charge on any atom is -0.461 e. The highest BCUT2D eigenvalue weighted by Gasteiger charge is 2.64. The number of aliphatic hydroxyl groups is 2. The van der Waals surface area contributed by atoms with Gasteiger partial charge in [-0.15, -0.1) is 0 Å². The average molecular weight is 622 g/mol. The third kappa shape index (κ3) is 5.90. The van der Waals surface area contributed by atoms with Crippen molar-refractivity contribution in [1.29, 1.82) is 0 Å². The number of hydrogen-bond donors (Lipinski definition) is 3. The molecule has 0 radical (unpaired) electrons. The standard InChI is InChI=1S/C32H51N3O7S/c1-7-22-26-14-20(36)10-12-32(26,6)25-11-13-31(5)23(8-9-24(31)27(25)28(22)37)19(4)17-41-30(38)35-43(39,40)21-15-33-29(34-16-21)42-18(2)3/h15-16,18-20,22-28,36-37H,7-14,17H2,1-6H3,(H,35,38)/t19-,20-,22-,23-,24+,25+,26+,27+,28-,31-,32-/m1/s1. The number of sulfonamides is 1. The third-order valence-corrected chi connectivity index (χ3v) is 13.4. The number of hydrogen-bond acceptors (Lipinski definition) is 9. The van der Waals surface area contributed by atoms with Gasteiger partial charge < -0.3 is 19.7 Å². The molecule has 4 aliphatic carbocycles. The molecule has 5 rings (SSSR count). The molecule has 11 heteroatoms. The van der Waals surface area contributed by atoms with E-state index < -0.39 is 16.1 Å². The van der Waals surface area contributed by atoms with E-state index in [1.807, 2.05) is 18.6 Å². The van der Waals surface area contributed by atoms with Crippen LogP contribution in [0.4, 0.5) is 4.79 Å². The van der Waals surface area contributed by atoms with Crippen LogP contribution >= 0.6 is 0 Å². The fraction of sp³-hybridized carbons (Fsp3) is 0.844. The minimum absolute atomic E-state index is 0.0142. The van der Waals surface area contributed by atoms with Crippen LogP contribution in [0.2, 0.25) is 0 Å². The maximum absolute atomic E-state index is 12.7. The minimum atomic E-state index is -4.20. The maximum Gasteiger partial charge on any atom is 0.421 e. The Morgan fingerprint density at radius 2 is 1.67 bits per heavy atom. The molecule has 0 saturated heterocycles. The number of nitrogens with zero attached hydrogens (tertiary/aromatic N) is 2. The zero-order chi connectivity index (χ0) is 31.3. The quantitative estimate of drug-likeness (QED) is 0.367. The Hall–Kier alpha value is -1.98. The topological polar surface area (TPSA) is 148 Å². The molecule has 1 aromatic rings. The normalized spacial score (nSPS) is 39.7. The van der Waals surface area contributed by atoms with E-state index in [1.165, 1.54) is 0 Å². The molecule has 4 aliphatic rings. The van der Waals surface area contributed by atoms with Crippen LogP contribution in [0.3, 0.4) is 0 Å². The van der Waals surface area contributed by atoms with Gasteiger partial charge in [0, 0.05) is 0 Å². The molecule has 0 bridgehead atoms. The predicted molar refractivity (Wildman–Crippen MR) is 160 cm³/mol. The summed E-state index contributed by atoms with van der Waals surface area (Å²) >= 11 is 0. The second kappa shape index (κ2) is 12.1. The van der Waals surface area contributed by atoms with Crippen molar-refractivity contribution in [1.82, 2.24) is 14.7 Å². The molecule has 0 aromatic carbocycles. The number of aliphatic hydroxyl groups excluding tert-OH is 2. The van der Waals surface area contributed by atoms with E-state index in [4.69, 9.17) is 9.47 Å². The molecule has 43 heavy (non-hydrogen) atoms. The van der Waals surface area contributed by atoms with E-state index in [2.05, 4.69) is 37.7 Å². The lowest BCUT2D eigenvalue weighted by Gasteiger charge is -2.64. The summed E-state index contributed by atoms with van der Waals surface area (Å²) < 4.78 is 38.2. The van der Waals surface area contributed by atoms with Crippen molar-refractivity contribution in [2.24, 2.45) is 52.3 Å². The number of nitrogens with one attached hydrogen (secondary N) is 1. The first-order valence-electron chi connectivity index (χ1n) is 16.3. The molecule has 0 spiro atoms. The zero-order valence-electron chi connectivity index (χ0n) is 26.5. The van der Waals surface area contributed by atoms with Gasteiger partial charge in [-0.05, 0) is 111 Å². The van der Waals surface area contributed by atoms with Crippen LogP contribution in [0.25, 0.3) is 0 Å². The monoisotopic (exact) mass is 621 g/mol.